The first-order chi connectivity index (χ1) is 13.0. The van der Waals surface area contributed by atoms with Crippen LogP contribution < -0.4 is 11.1 Å². The number of carbonyl (C=O) groups excluding carboxylic acids is 1. The molecule has 29 heavy (non-hydrogen) atoms. The standard InChI is InChI=1S/C19H29F3N2O4Si/c1-18(2,3)29(4,5)28-16(14(24-17(26)27)10-11-15(23)25)12-6-8-13(9-7-12)19(20,21)22/h6-9,14,16,24H,10-11H2,1-5H3,(H2,23,25)(H,26,27)/t14-,16+/m1/s1. The SMILES string of the molecule is CC(C)(C)[Si](C)(C)O[C@@H](c1ccc(C(F)(F)F)cc1)[C@@H](CCC(N)=O)NC(=O)O. The van der Waals surface area contributed by atoms with Crippen molar-refractivity contribution in [2.24, 2.45) is 5.73 Å². The van der Waals surface area contributed by atoms with E-state index in [0.717, 1.165) is 12.1 Å². The minimum absolute atomic E-state index is 0.0575. The molecular formula is C19H29F3N2O4Si. The highest BCUT2D eigenvalue weighted by Gasteiger charge is 2.42. The first-order valence-corrected chi connectivity index (χ1v) is 12.1. The Labute approximate surface area is 169 Å². The predicted molar refractivity (Wildman–Crippen MR) is 106 cm³/mol. The van der Waals surface area contributed by atoms with Crippen LogP contribution in [-0.4, -0.2) is 31.5 Å². The molecule has 0 aromatic heterocycles. The Balaban J connectivity index is 3.38. The number of amides is 2. The lowest BCUT2D eigenvalue weighted by Crippen LogP contribution is -2.48. The van der Waals surface area contributed by atoms with Crippen molar-refractivity contribution in [3.05, 3.63) is 35.4 Å². The second-order valence-electron chi connectivity index (χ2n) is 8.48. The molecule has 1 aromatic rings. The van der Waals surface area contributed by atoms with Gasteiger partial charge in [0.05, 0.1) is 17.7 Å². The van der Waals surface area contributed by atoms with Gasteiger partial charge in [-0.15, -0.1) is 0 Å². The van der Waals surface area contributed by atoms with Crippen LogP contribution in [0.15, 0.2) is 24.3 Å². The minimum Gasteiger partial charge on any atom is -0.465 e. The van der Waals surface area contributed by atoms with E-state index < -0.39 is 44.2 Å². The van der Waals surface area contributed by atoms with Gasteiger partial charge in [0.2, 0.25) is 5.91 Å². The molecule has 164 valence electrons. The van der Waals surface area contributed by atoms with Crippen molar-refractivity contribution < 1.29 is 32.3 Å². The second-order valence-corrected chi connectivity index (χ2v) is 13.2. The van der Waals surface area contributed by atoms with Crippen molar-refractivity contribution in [3.63, 3.8) is 0 Å². The Hall–Kier alpha value is -2.07. The van der Waals surface area contributed by atoms with Crippen LogP contribution >= 0.6 is 0 Å². The van der Waals surface area contributed by atoms with E-state index in [2.05, 4.69) is 5.32 Å². The molecule has 0 saturated heterocycles. The molecule has 4 N–H and O–H groups in total. The first-order valence-electron chi connectivity index (χ1n) is 9.17. The third-order valence-corrected chi connectivity index (χ3v) is 9.63. The van der Waals surface area contributed by atoms with Crippen molar-refractivity contribution in [2.75, 3.05) is 0 Å². The second kappa shape index (κ2) is 9.16. The summed E-state index contributed by atoms with van der Waals surface area (Å²) in [6, 6.07) is 3.57. The van der Waals surface area contributed by atoms with E-state index in [0.29, 0.717) is 5.56 Å². The lowest BCUT2D eigenvalue weighted by atomic mass is 9.97. The monoisotopic (exact) mass is 434 g/mol. The predicted octanol–water partition coefficient (Wildman–Crippen LogP) is 4.67. The van der Waals surface area contributed by atoms with E-state index in [4.69, 9.17) is 10.2 Å². The van der Waals surface area contributed by atoms with E-state index >= 15 is 0 Å². The minimum atomic E-state index is -4.49. The van der Waals surface area contributed by atoms with Gasteiger partial charge in [0.25, 0.3) is 0 Å². The van der Waals surface area contributed by atoms with Gasteiger partial charge in [-0.1, -0.05) is 32.9 Å². The normalized spacial score (nSPS) is 14.9. The highest BCUT2D eigenvalue weighted by atomic mass is 28.4. The van der Waals surface area contributed by atoms with Crippen molar-refractivity contribution in [3.8, 4) is 0 Å². The number of nitrogens with two attached hydrogens (primary N) is 1. The van der Waals surface area contributed by atoms with Crippen molar-refractivity contribution >= 4 is 20.3 Å². The summed E-state index contributed by atoms with van der Waals surface area (Å²) in [6.07, 6.45) is -6.71. The lowest BCUT2D eigenvalue weighted by molar-refractivity contribution is -0.137. The van der Waals surface area contributed by atoms with E-state index in [1.54, 1.807) is 0 Å². The molecule has 2 amide bonds. The average Bonchev–Trinajstić information content (AvgIpc) is 2.54. The topological polar surface area (TPSA) is 102 Å². The number of carboxylic acid groups (broad SMARTS) is 1. The van der Waals surface area contributed by atoms with Gasteiger partial charge in [0.15, 0.2) is 8.32 Å². The number of primary amides is 1. The molecule has 0 unspecified atom stereocenters. The van der Waals surface area contributed by atoms with E-state index in [1.165, 1.54) is 12.1 Å². The summed E-state index contributed by atoms with van der Waals surface area (Å²) in [7, 11) is -2.44. The fourth-order valence-corrected chi connectivity index (χ4v) is 3.78. The molecule has 6 nitrogen and oxygen atoms in total. The highest BCUT2D eigenvalue weighted by Crippen LogP contribution is 2.41. The summed E-state index contributed by atoms with van der Waals surface area (Å²) < 4.78 is 45.2. The third kappa shape index (κ3) is 7.35. The smallest absolute Gasteiger partial charge is 0.416 e. The Morgan fingerprint density at radius 2 is 1.69 bits per heavy atom. The Kier molecular flexibility index (Phi) is 7.89. The van der Waals surface area contributed by atoms with Gasteiger partial charge in [0.1, 0.15) is 0 Å². The number of halogens is 3. The average molecular weight is 435 g/mol. The zero-order valence-electron chi connectivity index (χ0n) is 17.3. The molecule has 0 saturated carbocycles. The maximum absolute atomic E-state index is 12.9. The molecule has 10 heteroatoms. The van der Waals surface area contributed by atoms with Gasteiger partial charge < -0.3 is 20.6 Å². The van der Waals surface area contributed by atoms with Gasteiger partial charge >= 0.3 is 12.3 Å². The number of hydrogen-bond acceptors (Lipinski definition) is 3. The van der Waals surface area contributed by atoms with Gasteiger partial charge in [-0.2, -0.15) is 13.2 Å². The number of benzene rings is 1. The van der Waals surface area contributed by atoms with Crippen LogP contribution in [-0.2, 0) is 15.4 Å². The number of carbonyl (C=O) groups is 2. The van der Waals surface area contributed by atoms with Crippen molar-refractivity contribution in [1.29, 1.82) is 0 Å². The maximum Gasteiger partial charge on any atom is 0.416 e. The van der Waals surface area contributed by atoms with Gasteiger partial charge in [0, 0.05) is 6.42 Å². The van der Waals surface area contributed by atoms with Crippen LogP contribution in [0.4, 0.5) is 18.0 Å². The zero-order chi connectivity index (χ0) is 22.6. The number of nitrogens with one attached hydrogen (secondary N) is 1. The summed E-state index contributed by atoms with van der Waals surface area (Å²) in [5.41, 5.74) is 4.79. The van der Waals surface area contributed by atoms with Crippen LogP contribution in [0.3, 0.4) is 0 Å². The number of alkyl halides is 3. The molecule has 2 atom stereocenters. The van der Waals surface area contributed by atoms with Crippen LogP contribution in [0.5, 0.6) is 0 Å². The van der Waals surface area contributed by atoms with Crippen molar-refractivity contribution in [2.45, 2.75) is 70.1 Å². The first kappa shape index (κ1) is 25.0. The quantitative estimate of drug-likeness (QED) is 0.518. The van der Waals surface area contributed by atoms with Crippen LogP contribution in [0.2, 0.25) is 18.1 Å². The molecule has 0 aliphatic heterocycles. The lowest BCUT2D eigenvalue weighted by Gasteiger charge is -2.41. The van der Waals surface area contributed by atoms with Gasteiger partial charge in [-0.3, -0.25) is 4.79 Å². The highest BCUT2D eigenvalue weighted by molar-refractivity contribution is 6.74. The Morgan fingerprint density at radius 3 is 2.07 bits per heavy atom. The maximum atomic E-state index is 12.9. The molecule has 1 aromatic carbocycles. The van der Waals surface area contributed by atoms with Crippen LogP contribution in [0.25, 0.3) is 0 Å². The molecule has 0 fully saturated rings. The fourth-order valence-electron chi connectivity index (χ4n) is 2.49. The summed E-state index contributed by atoms with van der Waals surface area (Å²) in [6.45, 7) is 9.89. The molecule has 0 aliphatic carbocycles. The van der Waals surface area contributed by atoms with E-state index in [9.17, 15) is 27.9 Å². The number of rotatable bonds is 8. The molecule has 1 rings (SSSR count). The summed E-state index contributed by atoms with van der Waals surface area (Å²) in [5.74, 6) is -0.610. The summed E-state index contributed by atoms with van der Waals surface area (Å²) >= 11 is 0. The molecule has 0 radical (unpaired) electrons. The Bertz CT molecular complexity index is 716. The summed E-state index contributed by atoms with van der Waals surface area (Å²) in [5, 5.41) is 11.3. The van der Waals surface area contributed by atoms with Crippen LogP contribution in [0.1, 0.15) is 50.8 Å². The number of hydrogen-bond donors (Lipinski definition) is 3. The van der Waals surface area contributed by atoms with Crippen molar-refractivity contribution in [1.82, 2.24) is 5.32 Å². The molecule has 0 aliphatic rings. The van der Waals surface area contributed by atoms with Crippen LogP contribution in [0, 0.1) is 0 Å². The Morgan fingerprint density at radius 1 is 1.17 bits per heavy atom. The van der Waals surface area contributed by atoms with Gasteiger partial charge in [-0.25, -0.2) is 4.79 Å². The van der Waals surface area contributed by atoms with E-state index in [-0.39, 0.29) is 17.9 Å². The molecule has 0 heterocycles. The van der Waals surface area contributed by atoms with E-state index in [1.807, 2.05) is 33.9 Å². The molecule has 0 bridgehead atoms. The largest absolute Gasteiger partial charge is 0.465 e. The fraction of sp³-hybridized carbons (Fsp3) is 0.579. The third-order valence-electron chi connectivity index (χ3n) is 5.17. The molecular weight excluding hydrogens is 405 g/mol. The van der Waals surface area contributed by atoms with Gasteiger partial charge in [-0.05, 0) is 42.2 Å². The molecule has 0 spiro atoms. The zero-order valence-corrected chi connectivity index (χ0v) is 18.3. The summed E-state index contributed by atoms with van der Waals surface area (Å²) in [4.78, 5) is 22.6.